The van der Waals surface area contributed by atoms with E-state index < -0.39 is 11.9 Å². The molecule has 0 saturated carbocycles. The van der Waals surface area contributed by atoms with Crippen LogP contribution in [-0.4, -0.2) is 31.1 Å². The van der Waals surface area contributed by atoms with Crippen molar-refractivity contribution in [3.8, 4) is 11.1 Å². The van der Waals surface area contributed by atoms with Crippen molar-refractivity contribution in [3.05, 3.63) is 99.0 Å². The second-order valence-electron chi connectivity index (χ2n) is 7.12. The highest BCUT2D eigenvalue weighted by molar-refractivity contribution is 6.59. The molecule has 3 aromatic rings. The fourth-order valence-corrected chi connectivity index (χ4v) is 3.24. The number of carbonyl (C=O) groups excluding carboxylic acids is 3. The molecule has 0 aromatic heterocycles. The summed E-state index contributed by atoms with van der Waals surface area (Å²) in [6.45, 7) is 1.75. The monoisotopic (exact) mass is 531 g/mol. The molecule has 0 unspecified atom stereocenters. The Hall–Kier alpha value is -3.32. The van der Waals surface area contributed by atoms with Crippen LogP contribution in [-0.2, 0) is 9.47 Å². The van der Waals surface area contributed by atoms with Gasteiger partial charge < -0.3 is 14.8 Å². The summed E-state index contributed by atoms with van der Waals surface area (Å²) in [6, 6.07) is 20.4. The molecule has 0 aliphatic heterocycles. The maximum absolute atomic E-state index is 12.9. The Labute approximate surface area is 217 Å². The molecule has 0 saturated heterocycles. The van der Waals surface area contributed by atoms with Crippen LogP contribution in [0.4, 0.5) is 5.69 Å². The number of carbonyl (C=O) groups is 3. The molecule has 0 fully saturated rings. The van der Waals surface area contributed by atoms with Crippen molar-refractivity contribution in [1.29, 1.82) is 0 Å². The topological polar surface area (TPSA) is 81.7 Å². The molecule has 9 heteroatoms. The molecule has 35 heavy (non-hydrogen) atoms. The zero-order valence-corrected chi connectivity index (χ0v) is 20.8. The number of amides is 1. The maximum Gasteiger partial charge on any atom is 0.339 e. The third-order valence-electron chi connectivity index (χ3n) is 4.80. The molecule has 1 N–H and O–H groups in total. The highest BCUT2D eigenvalue weighted by Crippen LogP contribution is 2.23. The van der Waals surface area contributed by atoms with Crippen LogP contribution in [0.25, 0.3) is 11.1 Å². The minimum absolute atomic E-state index is 0.0285. The SMILES string of the molecule is CCOC(=O)c1ccc(-c2ccc(NC(=O)c3ccccc3C(=O)OCC(Cl)=C(Cl)Cl)cc2)cc1. The lowest BCUT2D eigenvalue weighted by Crippen LogP contribution is -2.18. The van der Waals surface area contributed by atoms with Crippen LogP contribution >= 0.6 is 34.8 Å². The quantitative estimate of drug-likeness (QED) is 0.322. The van der Waals surface area contributed by atoms with Crippen LogP contribution in [0.15, 0.2) is 82.3 Å². The van der Waals surface area contributed by atoms with Crippen molar-refractivity contribution in [2.75, 3.05) is 18.5 Å². The van der Waals surface area contributed by atoms with Crippen molar-refractivity contribution in [2.45, 2.75) is 6.92 Å². The molecular weight excluding hydrogens is 513 g/mol. The summed E-state index contributed by atoms with van der Waals surface area (Å²) in [6.07, 6.45) is 0. The van der Waals surface area contributed by atoms with Crippen LogP contribution in [0.2, 0.25) is 0 Å². The summed E-state index contributed by atoms with van der Waals surface area (Å²) < 4.78 is 9.87. The highest BCUT2D eigenvalue weighted by atomic mass is 35.5. The van der Waals surface area contributed by atoms with E-state index in [1.807, 2.05) is 24.3 Å². The van der Waals surface area contributed by atoms with Gasteiger partial charge in [-0.25, -0.2) is 9.59 Å². The van der Waals surface area contributed by atoms with Crippen molar-refractivity contribution in [1.82, 2.24) is 0 Å². The Morgan fingerprint density at radius 3 is 1.89 bits per heavy atom. The lowest BCUT2D eigenvalue weighted by atomic mass is 10.0. The third-order valence-corrected chi connectivity index (χ3v) is 5.75. The van der Waals surface area contributed by atoms with E-state index in [1.165, 1.54) is 12.1 Å². The normalized spacial score (nSPS) is 10.3. The smallest absolute Gasteiger partial charge is 0.339 e. The van der Waals surface area contributed by atoms with Gasteiger partial charge in [-0.1, -0.05) is 71.2 Å². The molecule has 3 rings (SSSR count). The molecule has 0 radical (unpaired) electrons. The Balaban J connectivity index is 1.70. The Morgan fingerprint density at radius 1 is 0.743 bits per heavy atom. The largest absolute Gasteiger partial charge is 0.462 e. The molecule has 0 spiro atoms. The zero-order chi connectivity index (χ0) is 25.4. The molecule has 6 nitrogen and oxygen atoms in total. The van der Waals surface area contributed by atoms with Gasteiger partial charge in [0, 0.05) is 5.69 Å². The first kappa shape index (κ1) is 26.3. The molecule has 0 atom stereocenters. The average molecular weight is 533 g/mol. The fraction of sp³-hybridized carbons (Fsp3) is 0.115. The van der Waals surface area contributed by atoms with Gasteiger partial charge in [-0.3, -0.25) is 4.79 Å². The summed E-state index contributed by atoms with van der Waals surface area (Å²) >= 11 is 16.9. The van der Waals surface area contributed by atoms with E-state index in [1.54, 1.807) is 43.3 Å². The highest BCUT2D eigenvalue weighted by Gasteiger charge is 2.18. The van der Waals surface area contributed by atoms with Crippen LogP contribution in [0.3, 0.4) is 0 Å². The number of anilines is 1. The predicted octanol–water partition coefficient (Wildman–Crippen LogP) is 6.82. The van der Waals surface area contributed by atoms with Crippen molar-refractivity contribution in [3.63, 3.8) is 0 Å². The van der Waals surface area contributed by atoms with Crippen molar-refractivity contribution < 1.29 is 23.9 Å². The van der Waals surface area contributed by atoms with Gasteiger partial charge in [-0.05, 0) is 54.4 Å². The second kappa shape index (κ2) is 12.4. The maximum atomic E-state index is 12.9. The number of benzene rings is 3. The standard InChI is InChI=1S/C26H20Cl3NO5/c1-2-34-25(32)18-9-7-16(8-10-18)17-11-13-19(14-12-17)30-24(31)20-5-3-4-6-21(20)26(33)35-15-22(27)23(28)29/h3-14H,2,15H2,1H3,(H,30,31). The number of ether oxygens (including phenoxy) is 2. The Kier molecular flexibility index (Phi) is 9.32. The number of hydrogen-bond donors (Lipinski definition) is 1. The summed E-state index contributed by atoms with van der Waals surface area (Å²) in [4.78, 5) is 37.1. The number of halogens is 3. The molecule has 180 valence electrons. The van der Waals surface area contributed by atoms with E-state index in [2.05, 4.69) is 5.32 Å². The van der Waals surface area contributed by atoms with E-state index in [0.717, 1.165) is 11.1 Å². The van der Waals surface area contributed by atoms with Crippen molar-refractivity contribution >= 4 is 58.3 Å². The number of nitrogens with one attached hydrogen (secondary N) is 1. The van der Waals surface area contributed by atoms with E-state index >= 15 is 0 Å². The zero-order valence-electron chi connectivity index (χ0n) is 18.5. The van der Waals surface area contributed by atoms with Crippen LogP contribution < -0.4 is 5.32 Å². The molecule has 0 bridgehead atoms. The van der Waals surface area contributed by atoms with Crippen LogP contribution in [0, 0.1) is 0 Å². The molecule has 0 heterocycles. The van der Waals surface area contributed by atoms with Gasteiger partial charge in [0.1, 0.15) is 11.1 Å². The first-order valence-corrected chi connectivity index (χ1v) is 11.6. The molecule has 1 amide bonds. The average Bonchev–Trinajstić information content (AvgIpc) is 2.87. The second-order valence-corrected chi connectivity index (χ2v) is 8.52. The minimum atomic E-state index is -0.745. The lowest BCUT2D eigenvalue weighted by molar-refractivity contribution is 0.0522. The molecule has 0 aliphatic carbocycles. The molecular formula is C26H20Cl3NO5. The van der Waals surface area contributed by atoms with Gasteiger partial charge in [-0.2, -0.15) is 0 Å². The van der Waals surface area contributed by atoms with Gasteiger partial charge in [-0.15, -0.1) is 0 Å². The lowest BCUT2D eigenvalue weighted by Gasteiger charge is -2.11. The predicted molar refractivity (Wildman–Crippen MR) is 137 cm³/mol. The van der Waals surface area contributed by atoms with Gasteiger partial charge in [0.25, 0.3) is 5.91 Å². The minimum Gasteiger partial charge on any atom is -0.462 e. The van der Waals surface area contributed by atoms with Gasteiger partial charge in [0.05, 0.1) is 28.3 Å². The Bertz CT molecular complexity index is 1250. The van der Waals surface area contributed by atoms with Crippen LogP contribution in [0.1, 0.15) is 38.0 Å². The third kappa shape index (κ3) is 7.09. The van der Waals surface area contributed by atoms with Gasteiger partial charge in [0.2, 0.25) is 0 Å². The van der Waals surface area contributed by atoms with E-state index in [-0.39, 0.29) is 33.2 Å². The van der Waals surface area contributed by atoms with E-state index in [9.17, 15) is 14.4 Å². The van der Waals surface area contributed by atoms with Crippen LogP contribution in [0.5, 0.6) is 0 Å². The first-order chi connectivity index (χ1) is 16.8. The number of rotatable bonds is 8. The molecule has 0 aliphatic rings. The Morgan fingerprint density at radius 2 is 1.31 bits per heavy atom. The van der Waals surface area contributed by atoms with Gasteiger partial charge in [0.15, 0.2) is 0 Å². The number of esters is 2. The fourth-order valence-electron chi connectivity index (χ4n) is 3.08. The van der Waals surface area contributed by atoms with E-state index in [4.69, 9.17) is 44.3 Å². The van der Waals surface area contributed by atoms with Gasteiger partial charge >= 0.3 is 11.9 Å². The van der Waals surface area contributed by atoms with E-state index in [0.29, 0.717) is 17.9 Å². The molecule has 3 aromatic carbocycles. The summed E-state index contributed by atoms with van der Waals surface area (Å²) in [5.74, 6) is -1.60. The first-order valence-electron chi connectivity index (χ1n) is 10.4. The van der Waals surface area contributed by atoms with Crippen molar-refractivity contribution in [2.24, 2.45) is 0 Å². The summed E-state index contributed by atoms with van der Waals surface area (Å²) in [5, 5.41) is 2.74. The number of hydrogen-bond acceptors (Lipinski definition) is 5. The summed E-state index contributed by atoms with van der Waals surface area (Å²) in [5.41, 5.74) is 3.00. The summed E-state index contributed by atoms with van der Waals surface area (Å²) in [7, 11) is 0.